The number of halogens is 1. The summed E-state index contributed by atoms with van der Waals surface area (Å²) in [6, 6.07) is 8.08. The SMILES string of the molecule is COc1cc2sc(C(=O)C[C@H](C)C(=O)O)cc2cc1OCCCOc1c(OC)cc2sc(C(=O)C[C@H](C)C(=O)NS(C)(=O)=O)cc2c1F. The van der Waals surface area contributed by atoms with Crippen molar-refractivity contribution in [1.82, 2.24) is 4.72 Å². The smallest absolute Gasteiger partial charge is 0.306 e. The molecule has 2 aromatic carbocycles. The fourth-order valence-electron chi connectivity index (χ4n) is 4.62. The topological polar surface area (TPSA) is 172 Å². The normalized spacial score (nSPS) is 12.8. The molecule has 0 saturated carbocycles. The Morgan fingerprint density at radius 1 is 0.833 bits per heavy atom. The van der Waals surface area contributed by atoms with E-state index in [2.05, 4.69) is 0 Å². The number of Topliss-reactive ketones (excluding diaryl/α,β-unsaturated/α-hetero) is 2. The number of carboxylic acid groups (broad SMARTS) is 1. The first-order valence-corrected chi connectivity index (χ1v) is 18.1. The van der Waals surface area contributed by atoms with Crippen LogP contribution in [0.3, 0.4) is 0 Å². The third-order valence-corrected chi connectivity index (χ3v) is 10.0. The molecule has 0 aliphatic carbocycles. The number of benzene rings is 2. The van der Waals surface area contributed by atoms with Crippen LogP contribution in [0, 0.1) is 17.7 Å². The molecule has 16 heteroatoms. The molecular formula is C32H34FNO11S3. The van der Waals surface area contributed by atoms with Crippen molar-refractivity contribution in [3.8, 4) is 23.0 Å². The van der Waals surface area contributed by atoms with Gasteiger partial charge in [-0.15, -0.1) is 22.7 Å². The van der Waals surface area contributed by atoms with E-state index in [0.717, 1.165) is 27.7 Å². The van der Waals surface area contributed by atoms with Crippen LogP contribution in [-0.2, 0) is 19.6 Å². The predicted octanol–water partition coefficient (Wildman–Crippen LogP) is 5.70. The van der Waals surface area contributed by atoms with Crippen molar-refractivity contribution in [1.29, 1.82) is 0 Å². The number of ether oxygens (including phenoxy) is 4. The van der Waals surface area contributed by atoms with Gasteiger partial charge in [0.05, 0.1) is 49.4 Å². The third-order valence-electron chi connectivity index (χ3n) is 7.19. The molecule has 0 aliphatic rings. The van der Waals surface area contributed by atoms with Gasteiger partial charge in [0.15, 0.2) is 40.4 Å². The molecule has 0 spiro atoms. The number of nitrogens with one attached hydrogen (secondary N) is 1. The lowest BCUT2D eigenvalue weighted by molar-refractivity contribution is -0.141. The highest BCUT2D eigenvalue weighted by atomic mass is 32.2. The summed E-state index contributed by atoms with van der Waals surface area (Å²) in [4.78, 5) is 49.3. The van der Waals surface area contributed by atoms with Crippen molar-refractivity contribution < 1.29 is 56.0 Å². The quantitative estimate of drug-likeness (QED) is 0.101. The van der Waals surface area contributed by atoms with Crippen LogP contribution in [0.1, 0.15) is 52.5 Å². The van der Waals surface area contributed by atoms with Crippen LogP contribution in [0.25, 0.3) is 20.2 Å². The number of hydrogen-bond acceptors (Lipinski definition) is 12. The molecule has 0 saturated heterocycles. The summed E-state index contributed by atoms with van der Waals surface area (Å²) in [6.07, 6.45) is 0.795. The monoisotopic (exact) mass is 723 g/mol. The van der Waals surface area contributed by atoms with Gasteiger partial charge < -0.3 is 24.1 Å². The number of amides is 1. The number of thiophene rings is 2. The number of fused-ring (bicyclic) bond motifs is 2. The van der Waals surface area contributed by atoms with Crippen molar-refractivity contribution in [3.63, 3.8) is 0 Å². The van der Waals surface area contributed by atoms with E-state index in [-0.39, 0.29) is 53.6 Å². The van der Waals surface area contributed by atoms with Gasteiger partial charge in [-0.05, 0) is 23.6 Å². The lowest BCUT2D eigenvalue weighted by Gasteiger charge is -2.13. The fourth-order valence-corrected chi connectivity index (χ4v) is 7.24. The van der Waals surface area contributed by atoms with Gasteiger partial charge in [0, 0.05) is 52.1 Å². The molecule has 12 nitrogen and oxygen atoms in total. The predicted molar refractivity (Wildman–Crippen MR) is 179 cm³/mol. The molecule has 48 heavy (non-hydrogen) atoms. The minimum Gasteiger partial charge on any atom is -0.493 e. The summed E-state index contributed by atoms with van der Waals surface area (Å²) in [5.74, 6) is -4.17. The number of sulfonamides is 1. The van der Waals surface area contributed by atoms with E-state index in [1.807, 2.05) is 4.72 Å². The minimum atomic E-state index is -3.77. The number of hydrogen-bond donors (Lipinski definition) is 2. The molecule has 0 radical (unpaired) electrons. The molecule has 0 unspecified atom stereocenters. The van der Waals surface area contributed by atoms with Gasteiger partial charge in [-0.2, -0.15) is 0 Å². The van der Waals surface area contributed by atoms with Gasteiger partial charge in [0.2, 0.25) is 15.9 Å². The average Bonchev–Trinajstić information content (AvgIpc) is 3.64. The van der Waals surface area contributed by atoms with E-state index in [4.69, 9.17) is 24.1 Å². The number of carboxylic acids is 1. The van der Waals surface area contributed by atoms with Crippen LogP contribution < -0.4 is 23.7 Å². The molecule has 2 N–H and O–H groups in total. The van der Waals surface area contributed by atoms with E-state index in [9.17, 15) is 27.6 Å². The first-order valence-electron chi connectivity index (χ1n) is 14.6. The van der Waals surface area contributed by atoms with Crippen molar-refractivity contribution >= 4 is 76.3 Å². The summed E-state index contributed by atoms with van der Waals surface area (Å²) < 4.78 is 63.8. The highest BCUT2D eigenvalue weighted by Gasteiger charge is 2.24. The summed E-state index contributed by atoms with van der Waals surface area (Å²) in [5.41, 5.74) is 0. The Bertz CT molecular complexity index is 1980. The summed E-state index contributed by atoms with van der Waals surface area (Å²) in [5, 5.41) is 9.99. The Morgan fingerprint density at radius 2 is 1.42 bits per heavy atom. The zero-order chi connectivity index (χ0) is 35.3. The number of carbonyl (C=O) groups is 4. The molecule has 2 heterocycles. The lowest BCUT2D eigenvalue weighted by atomic mass is 10.0. The highest BCUT2D eigenvalue weighted by molar-refractivity contribution is 7.89. The van der Waals surface area contributed by atoms with Crippen molar-refractivity contribution in [2.24, 2.45) is 11.8 Å². The molecule has 0 aliphatic heterocycles. The maximum atomic E-state index is 15.6. The van der Waals surface area contributed by atoms with E-state index in [1.54, 1.807) is 24.3 Å². The molecule has 1 amide bonds. The largest absolute Gasteiger partial charge is 0.493 e. The second kappa shape index (κ2) is 15.3. The molecular weight excluding hydrogens is 690 g/mol. The molecule has 0 fully saturated rings. The van der Waals surface area contributed by atoms with E-state index in [1.165, 1.54) is 45.5 Å². The van der Waals surface area contributed by atoms with Gasteiger partial charge in [-0.1, -0.05) is 13.8 Å². The Morgan fingerprint density at radius 3 is 2.04 bits per heavy atom. The highest BCUT2D eigenvalue weighted by Crippen LogP contribution is 2.41. The summed E-state index contributed by atoms with van der Waals surface area (Å²) in [7, 11) is -0.934. The van der Waals surface area contributed by atoms with Crippen molar-refractivity contribution in [3.05, 3.63) is 45.9 Å². The second-order valence-corrected chi connectivity index (χ2v) is 15.0. The maximum absolute atomic E-state index is 15.6. The number of methoxy groups -OCH3 is 2. The van der Waals surface area contributed by atoms with Crippen LogP contribution in [0.4, 0.5) is 4.39 Å². The van der Waals surface area contributed by atoms with E-state index in [0.29, 0.717) is 27.5 Å². The standard InChI is InChI=1S/C32H34FNO11S3/c1-16(31(37)34-48(5,40)41)9-20(35)28-13-19-26(47-28)15-24(43-4)30(29(19)33)45-8-6-7-44-23-11-18-12-27(21(36)10-17(2)32(38)39)46-25(18)14-22(23)42-3/h11-17H,6-10H2,1-5H3,(H,34,37)(H,38,39)/t16-,17-/m0/s1. The van der Waals surface area contributed by atoms with Crippen molar-refractivity contribution in [2.75, 3.05) is 33.7 Å². The molecule has 258 valence electrons. The third kappa shape index (κ3) is 8.79. The zero-order valence-electron chi connectivity index (χ0n) is 26.7. The Hall–Kier alpha value is -4.28. The maximum Gasteiger partial charge on any atom is 0.306 e. The summed E-state index contributed by atoms with van der Waals surface area (Å²) >= 11 is 2.26. The van der Waals surface area contributed by atoms with Crippen LogP contribution in [0.15, 0.2) is 30.3 Å². The van der Waals surface area contributed by atoms with Crippen LogP contribution >= 0.6 is 22.7 Å². The molecule has 4 rings (SSSR count). The number of ketones is 2. The molecule has 4 aromatic rings. The fraction of sp³-hybridized carbons (Fsp3) is 0.375. The Kier molecular flexibility index (Phi) is 11.6. The van der Waals surface area contributed by atoms with Gasteiger partial charge in [-0.25, -0.2) is 12.8 Å². The number of aliphatic carboxylic acids is 1. The molecule has 2 aromatic heterocycles. The second-order valence-electron chi connectivity index (χ2n) is 11.1. The molecule has 2 atom stereocenters. The van der Waals surface area contributed by atoms with Gasteiger partial charge >= 0.3 is 5.97 Å². The van der Waals surface area contributed by atoms with Crippen LogP contribution in [-0.4, -0.2) is 70.7 Å². The van der Waals surface area contributed by atoms with E-state index < -0.39 is 45.3 Å². The Balaban J connectivity index is 1.40. The summed E-state index contributed by atoms with van der Waals surface area (Å²) in [6.45, 7) is 3.12. The van der Waals surface area contributed by atoms with Gasteiger partial charge in [0.1, 0.15) is 0 Å². The molecule has 0 bridgehead atoms. The van der Waals surface area contributed by atoms with E-state index >= 15 is 4.39 Å². The van der Waals surface area contributed by atoms with Gasteiger partial charge in [0.25, 0.3) is 0 Å². The zero-order valence-corrected chi connectivity index (χ0v) is 29.2. The van der Waals surface area contributed by atoms with Gasteiger partial charge in [-0.3, -0.25) is 23.9 Å². The van der Waals surface area contributed by atoms with Crippen LogP contribution in [0.5, 0.6) is 23.0 Å². The van der Waals surface area contributed by atoms with Crippen LogP contribution in [0.2, 0.25) is 0 Å². The number of carbonyl (C=O) groups excluding carboxylic acids is 3. The lowest BCUT2D eigenvalue weighted by Crippen LogP contribution is -2.34. The number of rotatable bonds is 17. The first kappa shape index (κ1) is 36.6. The van der Waals surface area contributed by atoms with Crippen molar-refractivity contribution in [2.45, 2.75) is 33.1 Å². The first-order chi connectivity index (χ1) is 22.6. The average molecular weight is 724 g/mol. The minimum absolute atomic E-state index is 0.0467. The Labute approximate surface area is 283 Å².